The zero-order valence-electron chi connectivity index (χ0n) is 9.18. The number of nitrogens with one attached hydrogen (secondary N) is 2. The average Bonchev–Trinajstić information content (AvgIpc) is 2.12. The van der Waals surface area contributed by atoms with Gasteiger partial charge >= 0.3 is 0 Å². The van der Waals surface area contributed by atoms with Crippen LogP contribution in [0.15, 0.2) is 0 Å². The summed E-state index contributed by atoms with van der Waals surface area (Å²) < 4.78 is 0. The van der Waals surface area contributed by atoms with Crippen molar-refractivity contribution in [1.82, 2.24) is 10.6 Å². The van der Waals surface area contributed by atoms with Crippen LogP contribution in [0.25, 0.3) is 0 Å². The number of rotatable bonds is 8. The van der Waals surface area contributed by atoms with Gasteiger partial charge in [0.2, 0.25) is 5.91 Å². The Morgan fingerprint density at radius 2 is 2.07 bits per heavy atom. The van der Waals surface area contributed by atoms with Gasteiger partial charge in [0.05, 0.1) is 6.54 Å². The van der Waals surface area contributed by atoms with E-state index in [1.54, 1.807) is 0 Å². The van der Waals surface area contributed by atoms with E-state index in [9.17, 15) is 4.79 Å². The molecule has 0 aliphatic heterocycles. The number of aliphatic hydroxyl groups is 1. The molecule has 84 valence electrons. The van der Waals surface area contributed by atoms with Crippen LogP contribution >= 0.6 is 0 Å². The van der Waals surface area contributed by atoms with Crippen LogP contribution in [-0.4, -0.2) is 37.3 Å². The Morgan fingerprint density at radius 3 is 2.64 bits per heavy atom. The molecule has 0 aliphatic rings. The largest absolute Gasteiger partial charge is 0.396 e. The molecule has 0 saturated carbocycles. The number of hydrogen-bond acceptors (Lipinski definition) is 3. The Morgan fingerprint density at radius 1 is 1.36 bits per heavy atom. The maximum Gasteiger partial charge on any atom is 0.233 e. The van der Waals surface area contributed by atoms with Crippen LogP contribution in [-0.2, 0) is 4.79 Å². The van der Waals surface area contributed by atoms with Gasteiger partial charge in [0.1, 0.15) is 0 Å². The first-order valence-electron chi connectivity index (χ1n) is 5.25. The number of amides is 1. The molecule has 0 fully saturated rings. The second-order valence-electron chi connectivity index (χ2n) is 3.79. The predicted molar refractivity (Wildman–Crippen MR) is 57.0 cm³/mol. The highest BCUT2D eigenvalue weighted by atomic mass is 16.3. The fourth-order valence-corrected chi connectivity index (χ4v) is 0.969. The van der Waals surface area contributed by atoms with Crippen LogP contribution in [0.3, 0.4) is 0 Å². The molecule has 3 N–H and O–H groups in total. The Balaban J connectivity index is 3.20. The van der Waals surface area contributed by atoms with Crippen LogP contribution < -0.4 is 10.6 Å². The first-order valence-corrected chi connectivity index (χ1v) is 5.25. The molecule has 0 spiro atoms. The second-order valence-corrected chi connectivity index (χ2v) is 3.79. The van der Waals surface area contributed by atoms with Crippen molar-refractivity contribution >= 4 is 5.91 Å². The van der Waals surface area contributed by atoms with Gasteiger partial charge in [0.15, 0.2) is 0 Å². The van der Waals surface area contributed by atoms with Gasteiger partial charge in [-0.2, -0.15) is 0 Å². The van der Waals surface area contributed by atoms with Gasteiger partial charge in [-0.3, -0.25) is 4.79 Å². The lowest BCUT2D eigenvalue weighted by Crippen LogP contribution is -2.35. The fraction of sp³-hybridized carbons (Fsp3) is 0.900. The van der Waals surface area contributed by atoms with E-state index < -0.39 is 0 Å². The summed E-state index contributed by atoms with van der Waals surface area (Å²) >= 11 is 0. The van der Waals surface area contributed by atoms with Crippen molar-refractivity contribution in [3.63, 3.8) is 0 Å². The highest BCUT2D eigenvalue weighted by molar-refractivity contribution is 5.77. The smallest absolute Gasteiger partial charge is 0.233 e. The standard InChI is InChI=1S/C10H22N2O2/c1-9(2)4-6-12-10(14)8-11-5-3-7-13/h9,11,13H,3-8H2,1-2H3,(H,12,14). The van der Waals surface area contributed by atoms with Crippen LogP contribution in [0.1, 0.15) is 26.7 Å². The minimum atomic E-state index is 0.0311. The summed E-state index contributed by atoms with van der Waals surface area (Å²) in [7, 11) is 0. The van der Waals surface area contributed by atoms with Crippen LogP contribution in [0.2, 0.25) is 0 Å². The summed E-state index contributed by atoms with van der Waals surface area (Å²) in [5, 5.41) is 14.3. The number of carbonyl (C=O) groups is 1. The molecule has 4 nitrogen and oxygen atoms in total. The van der Waals surface area contributed by atoms with Gasteiger partial charge in [-0.05, 0) is 25.3 Å². The number of aliphatic hydroxyl groups excluding tert-OH is 1. The summed E-state index contributed by atoms with van der Waals surface area (Å²) in [4.78, 5) is 11.2. The van der Waals surface area contributed by atoms with E-state index in [0.29, 0.717) is 25.4 Å². The summed E-state index contributed by atoms with van der Waals surface area (Å²) in [5.41, 5.74) is 0. The number of carbonyl (C=O) groups excluding carboxylic acids is 1. The first-order chi connectivity index (χ1) is 6.66. The minimum Gasteiger partial charge on any atom is -0.396 e. The topological polar surface area (TPSA) is 61.4 Å². The molecule has 0 aliphatic carbocycles. The molecule has 0 rings (SSSR count). The van der Waals surface area contributed by atoms with Crippen molar-refractivity contribution < 1.29 is 9.90 Å². The van der Waals surface area contributed by atoms with Gasteiger partial charge in [-0.25, -0.2) is 0 Å². The molecule has 0 unspecified atom stereocenters. The quantitative estimate of drug-likeness (QED) is 0.490. The number of hydrogen-bond donors (Lipinski definition) is 3. The monoisotopic (exact) mass is 202 g/mol. The normalized spacial score (nSPS) is 10.6. The zero-order valence-corrected chi connectivity index (χ0v) is 9.18. The summed E-state index contributed by atoms with van der Waals surface area (Å²) in [6.07, 6.45) is 1.71. The van der Waals surface area contributed by atoms with Gasteiger partial charge in [0, 0.05) is 13.2 Å². The molecule has 1 amide bonds. The molecule has 0 saturated heterocycles. The Kier molecular flexibility index (Phi) is 8.57. The lowest BCUT2D eigenvalue weighted by molar-refractivity contribution is -0.120. The molecule has 0 aromatic rings. The highest BCUT2D eigenvalue weighted by Gasteiger charge is 1.99. The van der Waals surface area contributed by atoms with E-state index in [2.05, 4.69) is 24.5 Å². The van der Waals surface area contributed by atoms with Gasteiger partial charge in [-0.15, -0.1) is 0 Å². The molecule has 0 atom stereocenters. The molecule has 0 aromatic heterocycles. The van der Waals surface area contributed by atoms with Crippen molar-refractivity contribution in [2.45, 2.75) is 26.7 Å². The lowest BCUT2D eigenvalue weighted by atomic mass is 10.1. The third kappa shape index (κ3) is 9.48. The summed E-state index contributed by atoms with van der Waals surface area (Å²) in [5.74, 6) is 0.654. The van der Waals surface area contributed by atoms with Crippen LogP contribution in [0.5, 0.6) is 0 Å². The third-order valence-electron chi connectivity index (χ3n) is 1.84. The highest BCUT2D eigenvalue weighted by Crippen LogP contribution is 1.95. The maximum atomic E-state index is 11.2. The predicted octanol–water partition coefficient (Wildman–Crippen LogP) is 0.121. The van der Waals surface area contributed by atoms with E-state index in [1.165, 1.54) is 0 Å². The molecule has 0 aromatic carbocycles. The van der Waals surface area contributed by atoms with E-state index >= 15 is 0 Å². The van der Waals surface area contributed by atoms with E-state index in [-0.39, 0.29) is 12.5 Å². The van der Waals surface area contributed by atoms with Crippen molar-refractivity contribution in [3.05, 3.63) is 0 Å². The first kappa shape index (κ1) is 13.4. The lowest BCUT2D eigenvalue weighted by Gasteiger charge is -2.07. The fourth-order valence-electron chi connectivity index (χ4n) is 0.969. The molecule has 0 radical (unpaired) electrons. The molecular formula is C10H22N2O2. The minimum absolute atomic E-state index is 0.0311. The van der Waals surface area contributed by atoms with Crippen LogP contribution in [0.4, 0.5) is 0 Å². The van der Waals surface area contributed by atoms with E-state index in [1.807, 2.05) is 0 Å². The maximum absolute atomic E-state index is 11.2. The van der Waals surface area contributed by atoms with Crippen molar-refractivity contribution in [1.29, 1.82) is 0 Å². The SMILES string of the molecule is CC(C)CCNC(=O)CNCCCO. The van der Waals surface area contributed by atoms with Crippen molar-refractivity contribution in [3.8, 4) is 0 Å². The third-order valence-corrected chi connectivity index (χ3v) is 1.84. The second kappa shape index (κ2) is 8.97. The van der Waals surface area contributed by atoms with E-state index in [4.69, 9.17) is 5.11 Å². The van der Waals surface area contributed by atoms with Crippen molar-refractivity contribution in [2.75, 3.05) is 26.2 Å². The summed E-state index contributed by atoms with van der Waals surface area (Å²) in [6, 6.07) is 0. The van der Waals surface area contributed by atoms with Gasteiger partial charge < -0.3 is 15.7 Å². The van der Waals surface area contributed by atoms with Crippen molar-refractivity contribution in [2.24, 2.45) is 5.92 Å². The van der Waals surface area contributed by atoms with Gasteiger partial charge in [0.25, 0.3) is 0 Å². The molecule has 0 bridgehead atoms. The molecule has 4 heteroatoms. The summed E-state index contributed by atoms with van der Waals surface area (Å²) in [6.45, 7) is 6.21. The van der Waals surface area contributed by atoms with Crippen LogP contribution in [0, 0.1) is 5.92 Å². The Labute approximate surface area is 86.1 Å². The molecular weight excluding hydrogens is 180 g/mol. The zero-order chi connectivity index (χ0) is 10.8. The molecule has 0 heterocycles. The van der Waals surface area contributed by atoms with Gasteiger partial charge in [-0.1, -0.05) is 13.8 Å². The molecule has 14 heavy (non-hydrogen) atoms. The average molecular weight is 202 g/mol. The Bertz CT molecular complexity index is 149. The Hall–Kier alpha value is -0.610. The van der Waals surface area contributed by atoms with E-state index in [0.717, 1.165) is 13.0 Å².